The van der Waals surface area contributed by atoms with Gasteiger partial charge in [0.25, 0.3) is 0 Å². The molecule has 6 nitrogen and oxygen atoms in total. The van der Waals surface area contributed by atoms with Gasteiger partial charge < -0.3 is 19.5 Å². The number of amides is 1. The van der Waals surface area contributed by atoms with E-state index in [0.29, 0.717) is 13.2 Å². The van der Waals surface area contributed by atoms with Crippen molar-refractivity contribution in [3.8, 4) is 0 Å². The average Bonchev–Trinajstić information content (AvgIpc) is 2.22. The van der Waals surface area contributed by atoms with Crippen LogP contribution in [0.1, 0.15) is 13.8 Å². The molecule has 0 radical (unpaired) electrons. The van der Waals surface area contributed by atoms with Crippen LogP contribution in [0.15, 0.2) is 0 Å². The normalized spacial score (nSPS) is 19.2. The van der Waals surface area contributed by atoms with Gasteiger partial charge in [-0.05, 0) is 6.92 Å². The summed E-state index contributed by atoms with van der Waals surface area (Å²) in [7, 11) is 1.25. The Kier molecular flexibility index (Phi) is 4.12. The number of esters is 1. The first kappa shape index (κ1) is 12.8. The first-order chi connectivity index (χ1) is 7.53. The SMILES string of the molecule is CCOC(=O)C(NC(=O)OC)C1(C)COC1. The van der Waals surface area contributed by atoms with Gasteiger partial charge in [0.2, 0.25) is 0 Å². The van der Waals surface area contributed by atoms with Gasteiger partial charge in [-0.15, -0.1) is 0 Å². The van der Waals surface area contributed by atoms with Gasteiger partial charge in [-0.1, -0.05) is 6.92 Å². The van der Waals surface area contributed by atoms with Crippen LogP contribution in [0, 0.1) is 5.41 Å². The molecular formula is C10H17NO5. The van der Waals surface area contributed by atoms with Crippen LogP contribution in [-0.2, 0) is 19.0 Å². The van der Waals surface area contributed by atoms with Gasteiger partial charge in [0.1, 0.15) is 6.04 Å². The predicted octanol–water partition coefficient (Wildman–Crippen LogP) is 0.311. The Morgan fingerprint density at radius 2 is 2.12 bits per heavy atom. The minimum atomic E-state index is -0.728. The van der Waals surface area contributed by atoms with E-state index in [1.807, 2.05) is 6.92 Å². The van der Waals surface area contributed by atoms with E-state index in [0.717, 1.165) is 0 Å². The molecule has 0 bridgehead atoms. The molecule has 1 rings (SSSR count). The van der Waals surface area contributed by atoms with E-state index >= 15 is 0 Å². The van der Waals surface area contributed by atoms with Crippen molar-refractivity contribution in [2.24, 2.45) is 5.41 Å². The summed E-state index contributed by atoms with van der Waals surface area (Å²) in [5.41, 5.74) is -0.416. The smallest absolute Gasteiger partial charge is 0.407 e. The summed E-state index contributed by atoms with van der Waals surface area (Å²) in [4.78, 5) is 22.8. The van der Waals surface area contributed by atoms with Crippen molar-refractivity contribution in [3.05, 3.63) is 0 Å². The number of hydrogen-bond donors (Lipinski definition) is 1. The summed E-state index contributed by atoms with van der Waals surface area (Å²) in [5, 5.41) is 2.48. The zero-order valence-electron chi connectivity index (χ0n) is 9.74. The van der Waals surface area contributed by atoms with E-state index in [4.69, 9.17) is 9.47 Å². The molecule has 0 aromatic rings. The van der Waals surface area contributed by atoms with E-state index in [1.165, 1.54) is 7.11 Å². The number of methoxy groups -OCH3 is 1. The second-order valence-corrected chi connectivity index (χ2v) is 3.97. The Labute approximate surface area is 94.2 Å². The number of nitrogens with one attached hydrogen (secondary N) is 1. The van der Waals surface area contributed by atoms with Crippen LogP contribution >= 0.6 is 0 Å². The van der Waals surface area contributed by atoms with E-state index < -0.39 is 23.5 Å². The molecule has 0 aromatic heterocycles. The lowest BCUT2D eigenvalue weighted by molar-refractivity contribution is -0.166. The summed E-state index contributed by atoms with van der Waals surface area (Å²) in [5.74, 6) is -0.460. The van der Waals surface area contributed by atoms with Crippen molar-refractivity contribution >= 4 is 12.1 Å². The van der Waals surface area contributed by atoms with Gasteiger partial charge in [0.15, 0.2) is 0 Å². The number of hydrogen-bond acceptors (Lipinski definition) is 5. The van der Waals surface area contributed by atoms with Crippen LogP contribution in [-0.4, -0.2) is 45.0 Å². The van der Waals surface area contributed by atoms with Crippen LogP contribution in [0.3, 0.4) is 0 Å². The maximum atomic E-state index is 11.7. The molecule has 0 saturated carbocycles. The van der Waals surface area contributed by atoms with Crippen LogP contribution in [0.5, 0.6) is 0 Å². The molecule has 1 aliphatic heterocycles. The third-order valence-electron chi connectivity index (χ3n) is 2.53. The fourth-order valence-electron chi connectivity index (χ4n) is 1.51. The van der Waals surface area contributed by atoms with Crippen LogP contribution < -0.4 is 5.32 Å². The van der Waals surface area contributed by atoms with E-state index in [1.54, 1.807) is 6.92 Å². The van der Waals surface area contributed by atoms with Crippen molar-refractivity contribution in [1.82, 2.24) is 5.32 Å². The van der Waals surface area contributed by atoms with Crippen molar-refractivity contribution in [1.29, 1.82) is 0 Å². The Balaban J connectivity index is 2.68. The third kappa shape index (κ3) is 2.63. The van der Waals surface area contributed by atoms with Crippen molar-refractivity contribution in [2.45, 2.75) is 19.9 Å². The molecular weight excluding hydrogens is 214 g/mol. The van der Waals surface area contributed by atoms with Gasteiger partial charge >= 0.3 is 12.1 Å². The largest absolute Gasteiger partial charge is 0.464 e. The van der Waals surface area contributed by atoms with Crippen molar-refractivity contribution < 1.29 is 23.8 Å². The summed E-state index contributed by atoms with van der Waals surface area (Å²) in [6, 6.07) is -0.728. The maximum Gasteiger partial charge on any atom is 0.407 e. The Morgan fingerprint density at radius 1 is 1.50 bits per heavy atom. The van der Waals surface area contributed by atoms with Gasteiger partial charge in [-0.3, -0.25) is 0 Å². The van der Waals surface area contributed by atoms with Crippen molar-refractivity contribution in [3.63, 3.8) is 0 Å². The Hall–Kier alpha value is -1.30. The molecule has 1 unspecified atom stereocenters. The lowest BCUT2D eigenvalue weighted by Gasteiger charge is -2.42. The number of carbonyl (C=O) groups excluding carboxylic acids is 2. The van der Waals surface area contributed by atoms with E-state index in [2.05, 4.69) is 10.1 Å². The molecule has 0 aliphatic carbocycles. The second kappa shape index (κ2) is 5.16. The molecule has 1 heterocycles. The molecule has 1 saturated heterocycles. The molecule has 0 aromatic carbocycles. The van der Waals surface area contributed by atoms with Crippen LogP contribution in [0.25, 0.3) is 0 Å². The minimum absolute atomic E-state index is 0.273. The summed E-state index contributed by atoms with van der Waals surface area (Å²) in [6.07, 6.45) is -0.647. The zero-order valence-corrected chi connectivity index (χ0v) is 9.74. The average molecular weight is 231 g/mol. The van der Waals surface area contributed by atoms with Crippen molar-refractivity contribution in [2.75, 3.05) is 26.9 Å². The molecule has 1 N–H and O–H groups in total. The molecule has 92 valence electrons. The highest BCUT2D eigenvalue weighted by molar-refractivity contribution is 5.82. The molecule has 1 fully saturated rings. The molecule has 0 spiro atoms. The molecule has 1 aliphatic rings. The Morgan fingerprint density at radius 3 is 2.50 bits per heavy atom. The number of alkyl carbamates (subject to hydrolysis) is 1. The predicted molar refractivity (Wildman–Crippen MR) is 54.9 cm³/mol. The topological polar surface area (TPSA) is 73.9 Å². The molecule has 16 heavy (non-hydrogen) atoms. The Bertz CT molecular complexity index is 274. The lowest BCUT2D eigenvalue weighted by Crippen LogP contribution is -2.60. The summed E-state index contributed by atoms with van der Waals surface area (Å²) in [6.45, 7) is 4.68. The minimum Gasteiger partial charge on any atom is -0.464 e. The van der Waals surface area contributed by atoms with Crippen LogP contribution in [0.2, 0.25) is 0 Å². The monoisotopic (exact) mass is 231 g/mol. The maximum absolute atomic E-state index is 11.7. The standard InChI is InChI=1S/C10H17NO5/c1-4-16-8(12)7(11-9(13)14-3)10(2)5-15-6-10/h7H,4-6H2,1-3H3,(H,11,13). The summed E-state index contributed by atoms with van der Waals surface area (Å²) < 4.78 is 14.4. The quantitative estimate of drug-likeness (QED) is 0.705. The van der Waals surface area contributed by atoms with E-state index in [9.17, 15) is 9.59 Å². The fourth-order valence-corrected chi connectivity index (χ4v) is 1.51. The molecule has 1 atom stereocenters. The fraction of sp³-hybridized carbons (Fsp3) is 0.800. The van der Waals surface area contributed by atoms with Gasteiger partial charge in [-0.2, -0.15) is 0 Å². The van der Waals surface area contributed by atoms with Gasteiger partial charge in [-0.25, -0.2) is 9.59 Å². The van der Waals surface area contributed by atoms with Crippen LogP contribution in [0.4, 0.5) is 4.79 Å². The van der Waals surface area contributed by atoms with Gasteiger partial charge in [0.05, 0.1) is 26.9 Å². The molecule has 6 heteroatoms. The van der Waals surface area contributed by atoms with E-state index in [-0.39, 0.29) is 6.61 Å². The lowest BCUT2D eigenvalue weighted by atomic mass is 9.80. The third-order valence-corrected chi connectivity index (χ3v) is 2.53. The summed E-state index contributed by atoms with van der Waals surface area (Å²) >= 11 is 0. The first-order valence-corrected chi connectivity index (χ1v) is 5.12. The highest BCUT2D eigenvalue weighted by Crippen LogP contribution is 2.31. The molecule has 1 amide bonds. The zero-order chi connectivity index (χ0) is 12.2. The highest BCUT2D eigenvalue weighted by atomic mass is 16.5. The number of ether oxygens (including phenoxy) is 3. The highest BCUT2D eigenvalue weighted by Gasteiger charge is 2.47. The number of carbonyl (C=O) groups is 2. The first-order valence-electron chi connectivity index (χ1n) is 5.12. The second-order valence-electron chi connectivity index (χ2n) is 3.97. The number of rotatable bonds is 4. The van der Waals surface area contributed by atoms with Gasteiger partial charge in [0, 0.05) is 5.41 Å².